The molecule has 2 rings (SSSR count). The lowest BCUT2D eigenvalue weighted by Gasteiger charge is -2.49. The zero-order valence-corrected chi connectivity index (χ0v) is 17.4. The highest BCUT2D eigenvalue weighted by Gasteiger charge is 2.71. The molecule has 7 N–H and O–H groups in total. The molecule has 0 aromatic carbocycles. The normalized spacial score (nSPS) is 36.6. The maximum atomic E-state index is 11.9. The smallest absolute Gasteiger partial charge is 0.237 e. The number of nitrogens with two attached hydrogens (primary N) is 1. The quantitative estimate of drug-likeness (QED) is 0.288. The van der Waals surface area contributed by atoms with Gasteiger partial charge in [0.2, 0.25) is 5.91 Å². The number of carbonyl (C=O) groups excluding carboxylic acids is 1. The number of fused-ring (bicyclic) bond motifs is 1. The van der Waals surface area contributed by atoms with Crippen LogP contribution in [0.15, 0.2) is 0 Å². The van der Waals surface area contributed by atoms with Crippen LogP contribution in [0, 0.1) is 17.3 Å². The van der Waals surface area contributed by atoms with Crippen molar-refractivity contribution in [3.8, 4) is 0 Å². The van der Waals surface area contributed by atoms with Crippen LogP contribution in [0.3, 0.4) is 0 Å². The summed E-state index contributed by atoms with van der Waals surface area (Å²) >= 11 is 0. The molecule has 1 aliphatic heterocycles. The van der Waals surface area contributed by atoms with Crippen molar-refractivity contribution in [3.63, 3.8) is 0 Å². The number of ether oxygens (including phenoxy) is 2. The second-order valence-electron chi connectivity index (χ2n) is 9.66. The summed E-state index contributed by atoms with van der Waals surface area (Å²) in [7, 11) is 0. The molecule has 28 heavy (non-hydrogen) atoms. The number of hydrogen-bond donors (Lipinski definition) is 6. The lowest BCUT2D eigenvalue weighted by molar-refractivity contribution is -0.438. The van der Waals surface area contributed by atoms with E-state index in [2.05, 4.69) is 19.2 Å². The summed E-state index contributed by atoms with van der Waals surface area (Å²) in [6.07, 6.45) is -1.99. The molecule has 7 unspecified atom stereocenters. The topological polar surface area (TPSA) is 154 Å². The first-order valence-corrected chi connectivity index (χ1v) is 9.80. The van der Waals surface area contributed by atoms with Crippen LogP contribution in [-0.2, 0) is 14.3 Å². The van der Waals surface area contributed by atoms with Gasteiger partial charge in [0.05, 0.1) is 43.3 Å². The zero-order valence-electron chi connectivity index (χ0n) is 17.4. The Morgan fingerprint density at radius 1 is 1.29 bits per heavy atom. The molecule has 1 heterocycles. The number of aliphatic hydroxyl groups excluding tert-OH is 3. The third-order valence-corrected chi connectivity index (χ3v) is 5.79. The monoisotopic (exact) mass is 404 g/mol. The van der Waals surface area contributed by atoms with E-state index in [4.69, 9.17) is 15.2 Å². The Bertz CT molecular complexity index is 568. The van der Waals surface area contributed by atoms with Gasteiger partial charge in [-0.2, -0.15) is 0 Å². The van der Waals surface area contributed by atoms with E-state index in [0.29, 0.717) is 19.4 Å². The van der Waals surface area contributed by atoms with Crippen molar-refractivity contribution in [1.82, 2.24) is 5.32 Å². The molecule has 1 saturated heterocycles. The van der Waals surface area contributed by atoms with Crippen LogP contribution in [-0.4, -0.2) is 75.4 Å². The second-order valence-corrected chi connectivity index (χ2v) is 9.66. The summed E-state index contributed by atoms with van der Waals surface area (Å²) in [4.78, 5) is 11.9. The van der Waals surface area contributed by atoms with Gasteiger partial charge in [0, 0.05) is 5.54 Å². The average Bonchev–Trinajstić information content (AvgIpc) is 2.65. The van der Waals surface area contributed by atoms with Gasteiger partial charge in [0.1, 0.15) is 0 Å². The minimum absolute atomic E-state index is 0.171. The van der Waals surface area contributed by atoms with Crippen molar-refractivity contribution in [2.45, 2.75) is 83.3 Å². The highest BCUT2D eigenvalue weighted by molar-refractivity contribution is 5.81. The van der Waals surface area contributed by atoms with Gasteiger partial charge in [-0.25, -0.2) is 0 Å². The van der Waals surface area contributed by atoms with Crippen LogP contribution in [0.5, 0.6) is 0 Å². The van der Waals surface area contributed by atoms with Crippen molar-refractivity contribution < 1.29 is 34.7 Å². The summed E-state index contributed by atoms with van der Waals surface area (Å²) in [5.41, 5.74) is 5.00. The first kappa shape index (κ1) is 23.5. The SMILES string of the molecule is CC(N)C(=O)NC(C)(C)CC(C)(C)CCOC1OC2(O)C(CO)C(O)C(O)C12. The van der Waals surface area contributed by atoms with E-state index in [1.54, 1.807) is 6.92 Å². The first-order chi connectivity index (χ1) is 12.7. The predicted octanol–water partition coefficient (Wildman–Crippen LogP) is -0.944. The predicted molar refractivity (Wildman–Crippen MR) is 101 cm³/mol. The van der Waals surface area contributed by atoms with Gasteiger partial charge in [-0.15, -0.1) is 0 Å². The Kier molecular flexibility index (Phi) is 6.82. The van der Waals surface area contributed by atoms with Crippen LogP contribution in [0.25, 0.3) is 0 Å². The van der Waals surface area contributed by atoms with Gasteiger partial charge in [-0.1, -0.05) is 13.8 Å². The van der Waals surface area contributed by atoms with E-state index in [9.17, 15) is 25.2 Å². The maximum Gasteiger partial charge on any atom is 0.237 e. The lowest BCUT2D eigenvalue weighted by Crippen LogP contribution is -2.63. The van der Waals surface area contributed by atoms with Crippen LogP contribution in [0.2, 0.25) is 0 Å². The van der Waals surface area contributed by atoms with E-state index >= 15 is 0 Å². The van der Waals surface area contributed by atoms with Crippen molar-refractivity contribution in [3.05, 3.63) is 0 Å². The molecule has 164 valence electrons. The molecule has 1 saturated carbocycles. The Balaban J connectivity index is 1.84. The molecule has 0 aromatic heterocycles. The van der Waals surface area contributed by atoms with Crippen molar-refractivity contribution >= 4 is 5.91 Å². The minimum Gasteiger partial charge on any atom is -0.396 e. The van der Waals surface area contributed by atoms with E-state index in [1.165, 1.54) is 0 Å². The maximum absolute atomic E-state index is 11.9. The molecule has 0 spiro atoms. The molecular formula is C19H36N2O7. The van der Waals surface area contributed by atoms with E-state index in [-0.39, 0.29) is 11.3 Å². The van der Waals surface area contributed by atoms with Crippen molar-refractivity contribution in [2.75, 3.05) is 13.2 Å². The van der Waals surface area contributed by atoms with Crippen LogP contribution < -0.4 is 11.1 Å². The standard InChI is InChI=1S/C19H36N2O7/c1-10(20)15(25)21-18(4,5)9-17(2,3)6-7-27-16-12-14(24)13(23)11(8-22)19(12,26)28-16/h10-14,16,22-24,26H,6-9,20H2,1-5H3,(H,21,25). The summed E-state index contributed by atoms with van der Waals surface area (Å²) < 4.78 is 11.1. The van der Waals surface area contributed by atoms with Gasteiger partial charge in [0.15, 0.2) is 12.1 Å². The summed E-state index contributed by atoms with van der Waals surface area (Å²) in [5.74, 6) is -3.73. The number of rotatable bonds is 9. The van der Waals surface area contributed by atoms with Crippen LogP contribution in [0.1, 0.15) is 47.5 Å². The summed E-state index contributed by atoms with van der Waals surface area (Å²) in [5, 5.41) is 42.8. The van der Waals surface area contributed by atoms with Gasteiger partial charge in [-0.05, 0) is 39.0 Å². The highest BCUT2D eigenvalue weighted by atomic mass is 16.8. The van der Waals surface area contributed by atoms with Gasteiger partial charge in [-0.3, -0.25) is 4.79 Å². The fourth-order valence-electron chi connectivity index (χ4n) is 4.50. The van der Waals surface area contributed by atoms with Gasteiger partial charge >= 0.3 is 0 Å². The molecule has 1 aliphatic carbocycles. The average molecular weight is 405 g/mol. The molecule has 1 amide bonds. The van der Waals surface area contributed by atoms with Crippen molar-refractivity contribution in [1.29, 1.82) is 0 Å². The molecule has 2 fully saturated rings. The Morgan fingerprint density at radius 3 is 2.43 bits per heavy atom. The third kappa shape index (κ3) is 4.67. The first-order valence-electron chi connectivity index (χ1n) is 9.80. The second kappa shape index (κ2) is 8.14. The third-order valence-electron chi connectivity index (χ3n) is 5.79. The van der Waals surface area contributed by atoms with E-state index in [0.717, 1.165) is 0 Å². The summed E-state index contributed by atoms with van der Waals surface area (Å²) in [6.45, 7) is 9.46. The summed E-state index contributed by atoms with van der Waals surface area (Å²) in [6, 6.07) is -0.573. The number of aliphatic hydroxyl groups is 4. The van der Waals surface area contributed by atoms with Gasteiger partial charge < -0.3 is 41.0 Å². The Labute approximate surface area is 166 Å². The minimum atomic E-state index is -1.76. The molecule has 0 bridgehead atoms. The molecule has 0 radical (unpaired) electrons. The number of carbonyl (C=O) groups is 1. The largest absolute Gasteiger partial charge is 0.396 e. The molecule has 0 aromatic rings. The molecule has 7 atom stereocenters. The molecule has 2 aliphatic rings. The van der Waals surface area contributed by atoms with Crippen molar-refractivity contribution in [2.24, 2.45) is 23.0 Å². The number of amides is 1. The highest BCUT2D eigenvalue weighted by Crippen LogP contribution is 2.53. The molecule has 9 heteroatoms. The van der Waals surface area contributed by atoms with E-state index in [1.807, 2.05) is 13.8 Å². The number of nitrogens with one attached hydrogen (secondary N) is 1. The van der Waals surface area contributed by atoms with Crippen LogP contribution in [0.4, 0.5) is 0 Å². The zero-order chi connectivity index (χ0) is 21.5. The molecular weight excluding hydrogens is 368 g/mol. The number of hydrogen-bond acceptors (Lipinski definition) is 8. The fraction of sp³-hybridized carbons (Fsp3) is 0.947. The lowest BCUT2D eigenvalue weighted by atomic mass is 9.78. The van der Waals surface area contributed by atoms with Gasteiger partial charge in [0.25, 0.3) is 0 Å². The van der Waals surface area contributed by atoms with Crippen LogP contribution >= 0.6 is 0 Å². The van der Waals surface area contributed by atoms with E-state index < -0.39 is 54.3 Å². The Hall–Kier alpha value is -0.810. The Morgan fingerprint density at radius 2 is 1.89 bits per heavy atom. The fourth-order valence-corrected chi connectivity index (χ4v) is 4.50. The molecule has 9 nitrogen and oxygen atoms in total.